The van der Waals surface area contributed by atoms with Crippen LogP contribution in [-0.4, -0.2) is 69.4 Å². The molecule has 1 atom stereocenters. The van der Waals surface area contributed by atoms with E-state index in [-0.39, 0.29) is 19.0 Å². The number of carbonyl (C=O) groups excluding carboxylic acids is 2. The minimum atomic E-state index is -4.19. The molecule has 31 heavy (non-hydrogen) atoms. The van der Waals surface area contributed by atoms with Crippen LogP contribution in [0.4, 0.5) is 4.39 Å². The van der Waals surface area contributed by atoms with Crippen molar-refractivity contribution in [3.8, 4) is 5.75 Å². The number of ether oxygens (including phenoxy) is 1. The van der Waals surface area contributed by atoms with Crippen LogP contribution in [-0.2, 0) is 14.8 Å². The van der Waals surface area contributed by atoms with Gasteiger partial charge in [0.1, 0.15) is 16.5 Å². The maximum atomic E-state index is 13.8. The fraction of sp³-hybridized carbons (Fsp3) is 0.333. The molecule has 0 aromatic heterocycles. The third-order valence-electron chi connectivity index (χ3n) is 5.02. The molecule has 3 rings (SSSR count). The van der Waals surface area contributed by atoms with Gasteiger partial charge in [-0.2, -0.15) is 4.72 Å². The number of methoxy groups -OCH3 is 1. The SMILES string of the molecule is COc1cccc(C(=O)N2CCN(C(=O)[C@H](C)NS(=O)(=O)c3ccccc3F)CC2)c1. The van der Waals surface area contributed by atoms with Crippen molar-refractivity contribution in [3.05, 3.63) is 59.9 Å². The number of amides is 2. The first kappa shape index (κ1) is 22.7. The fourth-order valence-electron chi connectivity index (χ4n) is 3.35. The smallest absolute Gasteiger partial charge is 0.254 e. The van der Waals surface area contributed by atoms with Crippen molar-refractivity contribution in [2.75, 3.05) is 33.3 Å². The van der Waals surface area contributed by atoms with Gasteiger partial charge < -0.3 is 14.5 Å². The molecule has 2 aromatic carbocycles. The molecule has 2 amide bonds. The minimum absolute atomic E-state index is 0.167. The number of halogens is 1. The number of carbonyl (C=O) groups is 2. The van der Waals surface area contributed by atoms with Crippen LogP contribution < -0.4 is 9.46 Å². The third kappa shape index (κ3) is 5.20. The topological polar surface area (TPSA) is 96.0 Å². The lowest BCUT2D eigenvalue weighted by Crippen LogP contribution is -2.55. The molecule has 8 nitrogen and oxygen atoms in total. The van der Waals surface area contributed by atoms with Crippen molar-refractivity contribution >= 4 is 21.8 Å². The molecule has 0 saturated carbocycles. The lowest BCUT2D eigenvalue weighted by atomic mass is 10.1. The zero-order valence-electron chi connectivity index (χ0n) is 17.2. The van der Waals surface area contributed by atoms with Crippen LogP contribution in [0.3, 0.4) is 0 Å². The standard InChI is InChI=1S/C21H24FN3O5S/c1-15(23-31(28,29)19-9-4-3-8-18(19)22)20(26)24-10-12-25(13-11-24)21(27)16-6-5-7-17(14-16)30-2/h3-9,14-15,23H,10-13H2,1-2H3/t15-/m0/s1. The Morgan fingerprint density at radius 1 is 1.03 bits per heavy atom. The fourth-order valence-corrected chi connectivity index (χ4v) is 4.63. The summed E-state index contributed by atoms with van der Waals surface area (Å²) in [5.74, 6) is -0.914. The number of piperazine rings is 1. The van der Waals surface area contributed by atoms with Crippen LogP contribution in [0.15, 0.2) is 53.4 Å². The van der Waals surface area contributed by atoms with E-state index in [2.05, 4.69) is 4.72 Å². The van der Waals surface area contributed by atoms with Gasteiger partial charge in [-0.3, -0.25) is 9.59 Å². The van der Waals surface area contributed by atoms with Gasteiger partial charge in [-0.25, -0.2) is 12.8 Å². The molecule has 1 saturated heterocycles. The van der Waals surface area contributed by atoms with E-state index in [1.165, 1.54) is 31.1 Å². The van der Waals surface area contributed by atoms with Crippen LogP contribution >= 0.6 is 0 Å². The Hall–Kier alpha value is -2.98. The highest BCUT2D eigenvalue weighted by atomic mass is 32.2. The largest absolute Gasteiger partial charge is 0.497 e. The van der Waals surface area contributed by atoms with Crippen LogP contribution in [0.5, 0.6) is 5.75 Å². The molecular weight excluding hydrogens is 425 g/mol. The Balaban J connectivity index is 1.59. The highest BCUT2D eigenvalue weighted by Gasteiger charge is 2.30. The number of hydrogen-bond acceptors (Lipinski definition) is 5. The first-order valence-corrected chi connectivity index (χ1v) is 11.2. The van der Waals surface area contributed by atoms with Gasteiger partial charge in [0, 0.05) is 31.7 Å². The van der Waals surface area contributed by atoms with Gasteiger partial charge in [0.15, 0.2) is 0 Å². The highest BCUT2D eigenvalue weighted by molar-refractivity contribution is 7.89. The molecule has 1 fully saturated rings. The van der Waals surface area contributed by atoms with E-state index in [1.807, 2.05) is 0 Å². The van der Waals surface area contributed by atoms with Crippen molar-refractivity contribution in [2.45, 2.75) is 17.9 Å². The van der Waals surface area contributed by atoms with Gasteiger partial charge in [0.05, 0.1) is 13.2 Å². The number of rotatable bonds is 6. The van der Waals surface area contributed by atoms with Crippen molar-refractivity contribution in [1.82, 2.24) is 14.5 Å². The normalized spacial score (nSPS) is 15.5. The summed E-state index contributed by atoms with van der Waals surface area (Å²) in [5, 5.41) is 0. The number of nitrogens with zero attached hydrogens (tertiary/aromatic N) is 2. The Morgan fingerprint density at radius 2 is 1.68 bits per heavy atom. The van der Waals surface area contributed by atoms with E-state index < -0.39 is 32.7 Å². The number of sulfonamides is 1. The van der Waals surface area contributed by atoms with Gasteiger partial charge in [0.25, 0.3) is 5.91 Å². The molecule has 1 aliphatic rings. The summed E-state index contributed by atoms with van der Waals surface area (Å²) in [5.41, 5.74) is 0.491. The predicted octanol–water partition coefficient (Wildman–Crippen LogP) is 1.49. The first-order chi connectivity index (χ1) is 14.7. The quantitative estimate of drug-likeness (QED) is 0.721. The lowest BCUT2D eigenvalue weighted by Gasteiger charge is -2.36. The molecule has 1 heterocycles. The summed E-state index contributed by atoms with van der Waals surface area (Å²) in [6, 6.07) is 10.7. The van der Waals surface area contributed by atoms with Crippen molar-refractivity contribution in [3.63, 3.8) is 0 Å². The van der Waals surface area contributed by atoms with Gasteiger partial charge in [-0.05, 0) is 37.3 Å². The Labute approximate surface area is 180 Å². The van der Waals surface area contributed by atoms with Crippen molar-refractivity contribution in [1.29, 1.82) is 0 Å². The second kappa shape index (κ2) is 9.44. The zero-order chi connectivity index (χ0) is 22.6. The molecule has 0 unspecified atom stereocenters. The van der Waals surface area contributed by atoms with Gasteiger partial charge >= 0.3 is 0 Å². The first-order valence-electron chi connectivity index (χ1n) is 9.72. The average Bonchev–Trinajstić information content (AvgIpc) is 2.78. The van der Waals surface area contributed by atoms with E-state index >= 15 is 0 Å². The number of hydrogen-bond donors (Lipinski definition) is 1. The van der Waals surface area contributed by atoms with Crippen LogP contribution in [0.1, 0.15) is 17.3 Å². The summed E-state index contributed by atoms with van der Waals surface area (Å²) in [6.07, 6.45) is 0. The summed E-state index contributed by atoms with van der Waals surface area (Å²) in [6.45, 7) is 2.57. The third-order valence-corrected chi connectivity index (χ3v) is 6.60. The van der Waals surface area contributed by atoms with Gasteiger partial charge in [0.2, 0.25) is 15.9 Å². The Bertz CT molecular complexity index is 1070. The highest BCUT2D eigenvalue weighted by Crippen LogP contribution is 2.17. The molecule has 2 aromatic rings. The van der Waals surface area contributed by atoms with Gasteiger partial charge in [-0.15, -0.1) is 0 Å². The molecule has 0 aliphatic carbocycles. The van der Waals surface area contributed by atoms with E-state index in [0.717, 1.165) is 12.1 Å². The average molecular weight is 450 g/mol. The van der Waals surface area contributed by atoms with Crippen molar-refractivity contribution < 1.29 is 27.1 Å². The van der Waals surface area contributed by atoms with Crippen LogP contribution in [0.25, 0.3) is 0 Å². The summed E-state index contributed by atoms with van der Waals surface area (Å²) < 4.78 is 46.0. The zero-order valence-corrected chi connectivity index (χ0v) is 18.1. The molecule has 0 bridgehead atoms. The minimum Gasteiger partial charge on any atom is -0.497 e. The predicted molar refractivity (Wildman–Crippen MR) is 112 cm³/mol. The van der Waals surface area contributed by atoms with Crippen LogP contribution in [0, 0.1) is 5.82 Å². The Morgan fingerprint density at radius 3 is 2.32 bits per heavy atom. The van der Waals surface area contributed by atoms with E-state index in [1.54, 1.807) is 29.2 Å². The molecule has 0 spiro atoms. The lowest BCUT2D eigenvalue weighted by molar-refractivity contribution is -0.134. The van der Waals surface area contributed by atoms with Crippen LogP contribution in [0.2, 0.25) is 0 Å². The van der Waals surface area contributed by atoms with E-state index in [9.17, 15) is 22.4 Å². The van der Waals surface area contributed by atoms with E-state index in [0.29, 0.717) is 24.4 Å². The second-order valence-corrected chi connectivity index (χ2v) is 8.81. The summed E-state index contributed by atoms with van der Waals surface area (Å²) in [7, 11) is -2.67. The monoisotopic (exact) mass is 449 g/mol. The summed E-state index contributed by atoms with van der Waals surface area (Å²) >= 11 is 0. The second-order valence-electron chi connectivity index (χ2n) is 7.12. The maximum Gasteiger partial charge on any atom is 0.254 e. The van der Waals surface area contributed by atoms with E-state index in [4.69, 9.17) is 4.74 Å². The molecule has 0 radical (unpaired) electrons. The molecule has 1 N–H and O–H groups in total. The summed E-state index contributed by atoms with van der Waals surface area (Å²) in [4.78, 5) is 28.0. The molecular formula is C21H24FN3O5S. The van der Waals surface area contributed by atoms with Crippen molar-refractivity contribution in [2.24, 2.45) is 0 Å². The molecule has 1 aliphatic heterocycles. The molecule has 166 valence electrons. The number of nitrogens with one attached hydrogen (secondary N) is 1. The maximum absolute atomic E-state index is 13.8. The van der Waals surface area contributed by atoms with Gasteiger partial charge in [-0.1, -0.05) is 18.2 Å². The molecule has 10 heteroatoms. The Kier molecular flexibility index (Phi) is 6.91. The number of benzene rings is 2.